The van der Waals surface area contributed by atoms with Crippen LogP contribution >= 0.6 is 0 Å². The average molecular weight is 373 g/mol. The van der Waals surface area contributed by atoms with Gasteiger partial charge < -0.3 is 14.6 Å². The van der Waals surface area contributed by atoms with Crippen molar-refractivity contribution in [3.05, 3.63) is 57.6 Å². The third-order valence-electron chi connectivity index (χ3n) is 3.50. The number of carboxylic acids is 1. The fourth-order valence-electron chi connectivity index (χ4n) is 2.17. The SMILES string of the molecule is CCCOc1cc(C=NNc2ccc(C(=O)O)cc2)c([N+](=O)[O-])cc1OC. The minimum atomic E-state index is -1.03. The number of carbonyl (C=O) groups is 1. The number of methoxy groups -OCH3 is 1. The van der Waals surface area contributed by atoms with Crippen molar-refractivity contribution in [3.8, 4) is 11.5 Å². The number of aromatic carboxylic acids is 1. The molecule has 0 unspecified atom stereocenters. The second kappa shape index (κ2) is 9.18. The van der Waals surface area contributed by atoms with Gasteiger partial charge >= 0.3 is 5.97 Å². The maximum atomic E-state index is 11.3. The molecule has 0 saturated carbocycles. The molecule has 0 aliphatic heterocycles. The largest absolute Gasteiger partial charge is 0.493 e. The van der Waals surface area contributed by atoms with Crippen LogP contribution in [-0.4, -0.2) is 35.9 Å². The van der Waals surface area contributed by atoms with Gasteiger partial charge in [0.1, 0.15) is 0 Å². The second-order valence-electron chi connectivity index (χ2n) is 5.42. The Morgan fingerprint density at radius 2 is 2.00 bits per heavy atom. The maximum absolute atomic E-state index is 11.3. The van der Waals surface area contributed by atoms with Gasteiger partial charge in [0, 0.05) is 0 Å². The number of nitro benzene ring substituents is 1. The summed E-state index contributed by atoms with van der Waals surface area (Å²) in [7, 11) is 1.41. The minimum absolute atomic E-state index is 0.146. The van der Waals surface area contributed by atoms with E-state index in [4.69, 9.17) is 14.6 Å². The number of carboxylic acid groups (broad SMARTS) is 1. The van der Waals surface area contributed by atoms with Crippen LogP contribution in [0.5, 0.6) is 11.5 Å². The summed E-state index contributed by atoms with van der Waals surface area (Å²) in [6, 6.07) is 8.71. The fourth-order valence-corrected chi connectivity index (χ4v) is 2.17. The molecule has 0 aromatic heterocycles. The molecule has 9 nitrogen and oxygen atoms in total. The van der Waals surface area contributed by atoms with E-state index in [1.165, 1.54) is 37.6 Å². The number of anilines is 1. The van der Waals surface area contributed by atoms with E-state index in [-0.39, 0.29) is 22.6 Å². The summed E-state index contributed by atoms with van der Waals surface area (Å²) in [4.78, 5) is 21.6. The third-order valence-corrected chi connectivity index (χ3v) is 3.50. The zero-order valence-corrected chi connectivity index (χ0v) is 14.8. The Morgan fingerprint density at radius 1 is 1.30 bits per heavy atom. The molecule has 0 heterocycles. The lowest BCUT2D eigenvalue weighted by atomic mass is 10.1. The first kappa shape index (κ1) is 19.7. The van der Waals surface area contributed by atoms with E-state index >= 15 is 0 Å². The Balaban J connectivity index is 2.25. The van der Waals surface area contributed by atoms with Crippen molar-refractivity contribution in [2.75, 3.05) is 19.1 Å². The zero-order chi connectivity index (χ0) is 19.8. The van der Waals surface area contributed by atoms with Crippen LogP contribution in [0, 0.1) is 10.1 Å². The number of hydrazone groups is 1. The Labute approximate surface area is 155 Å². The third kappa shape index (κ3) is 5.18. The predicted octanol–water partition coefficient (Wildman–Crippen LogP) is 3.54. The van der Waals surface area contributed by atoms with Gasteiger partial charge in [0.25, 0.3) is 5.69 Å². The molecule has 0 fully saturated rings. The van der Waals surface area contributed by atoms with Gasteiger partial charge in [0.15, 0.2) is 11.5 Å². The lowest BCUT2D eigenvalue weighted by Crippen LogP contribution is -2.02. The van der Waals surface area contributed by atoms with Crippen molar-refractivity contribution in [1.82, 2.24) is 0 Å². The molecule has 2 N–H and O–H groups in total. The predicted molar refractivity (Wildman–Crippen MR) is 100 cm³/mol. The van der Waals surface area contributed by atoms with Crippen LogP contribution in [0.15, 0.2) is 41.5 Å². The number of ether oxygens (including phenoxy) is 2. The summed E-state index contributed by atoms with van der Waals surface area (Å²) < 4.78 is 10.7. The molecule has 2 aromatic carbocycles. The van der Waals surface area contributed by atoms with Gasteiger partial charge in [-0.15, -0.1) is 0 Å². The van der Waals surface area contributed by atoms with Crippen molar-refractivity contribution in [2.45, 2.75) is 13.3 Å². The monoisotopic (exact) mass is 373 g/mol. The number of rotatable bonds is 9. The van der Waals surface area contributed by atoms with E-state index in [9.17, 15) is 14.9 Å². The first-order valence-electron chi connectivity index (χ1n) is 8.08. The standard InChI is InChI=1S/C18H19N3O6/c1-3-8-27-17-9-13(15(21(24)25)10-16(17)26-2)11-19-20-14-6-4-12(5-7-14)18(22)23/h4-7,9-11,20H,3,8H2,1-2H3,(H,22,23). The summed E-state index contributed by atoms with van der Waals surface area (Å²) in [5.74, 6) is -0.375. The van der Waals surface area contributed by atoms with Gasteiger partial charge in [-0.3, -0.25) is 15.5 Å². The molecule has 0 bridgehead atoms. The molecular weight excluding hydrogens is 354 g/mol. The highest BCUT2D eigenvalue weighted by atomic mass is 16.6. The lowest BCUT2D eigenvalue weighted by molar-refractivity contribution is -0.385. The molecule has 2 rings (SSSR count). The topological polar surface area (TPSA) is 123 Å². The first-order valence-corrected chi connectivity index (χ1v) is 8.08. The molecule has 142 valence electrons. The van der Waals surface area contributed by atoms with Crippen molar-refractivity contribution in [1.29, 1.82) is 0 Å². The molecule has 0 saturated heterocycles. The number of hydrogen-bond donors (Lipinski definition) is 2. The van der Waals surface area contributed by atoms with Crippen LogP contribution in [0.2, 0.25) is 0 Å². The second-order valence-corrected chi connectivity index (χ2v) is 5.42. The zero-order valence-electron chi connectivity index (χ0n) is 14.8. The van der Waals surface area contributed by atoms with Gasteiger partial charge in [-0.2, -0.15) is 5.10 Å². The molecule has 0 radical (unpaired) electrons. The van der Waals surface area contributed by atoms with Crippen molar-refractivity contribution in [3.63, 3.8) is 0 Å². The van der Waals surface area contributed by atoms with Gasteiger partial charge in [-0.1, -0.05) is 6.92 Å². The van der Waals surface area contributed by atoms with Crippen molar-refractivity contribution < 1.29 is 24.3 Å². The number of nitrogens with zero attached hydrogens (tertiary/aromatic N) is 2. The van der Waals surface area contributed by atoms with Gasteiger partial charge in [0.05, 0.1) is 47.7 Å². The normalized spacial score (nSPS) is 10.6. The first-order chi connectivity index (χ1) is 13.0. The van der Waals surface area contributed by atoms with E-state index in [0.29, 0.717) is 18.0 Å². The van der Waals surface area contributed by atoms with Crippen LogP contribution < -0.4 is 14.9 Å². The van der Waals surface area contributed by atoms with Gasteiger partial charge in [-0.25, -0.2) is 4.79 Å². The highest BCUT2D eigenvalue weighted by Crippen LogP contribution is 2.34. The van der Waals surface area contributed by atoms with Gasteiger partial charge in [0.2, 0.25) is 0 Å². The summed E-state index contributed by atoms with van der Waals surface area (Å²) >= 11 is 0. The Kier molecular flexibility index (Phi) is 6.70. The smallest absolute Gasteiger partial charge is 0.335 e. The van der Waals surface area contributed by atoms with Crippen LogP contribution in [0.25, 0.3) is 0 Å². The number of hydrogen-bond acceptors (Lipinski definition) is 7. The summed E-state index contributed by atoms with van der Waals surface area (Å²) in [5.41, 5.74) is 3.44. The Hall–Kier alpha value is -3.62. The molecule has 0 aliphatic carbocycles. The lowest BCUT2D eigenvalue weighted by Gasteiger charge is -2.11. The molecule has 9 heteroatoms. The van der Waals surface area contributed by atoms with Crippen LogP contribution in [0.4, 0.5) is 11.4 Å². The molecular formula is C18H19N3O6. The van der Waals surface area contributed by atoms with Crippen LogP contribution in [0.3, 0.4) is 0 Å². The number of nitrogens with one attached hydrogen (secondary N) is 1. The fraction of sp³-hybridized carbons (Fsp3) is 0.222. The van der Waals surface area contributed by atoms with E-state index in [2.05, 4.69) is 10.5 Å². The molecule has 0 spiro atoms. The Morgan fingerprint density at radius 3 is 2.56 bits per heavy atom. The summed E-state index contributed by atoms with van der Waals surface area (Å²) in [6.45, 7) is 2.39. The van der Waals surface area contributed by atoms with Crippen LogP contribution in [-0.2, 0) is 0 Å². The number of nitro groups is 1. The molecule has 27 heavy (non-hydrogen) atoms. The molecule has 0 amide bonds. The quantitative estimate of drug-likeness (QED) is 0.391. The van der Waals surface area contributed by atoms with Crippen molar-refractivity contribution >= 4 is 23.6 Å². The van der Waals surface area contributed by atoms with Gasteiger partial charge in [-0.05, 0) is 36.8 Å². The highest BCUT2D eigenvalue weighted by Gasteiger charge is 2.18. The van der Waals surface area contributed by atoms with E-state index in [0.717, 1.165) is 6.42 Å². The molecule has 2 aromatic rings. The van der Waals surface area contributed by atoms with E-state index in [1.54, 1.807) is 12.1 Å². The minimum Gasteiger partial charge on any atom is -0.493 e. The summed E-state index contributed by atoms with van der Waals surface area (Å²) in [5, 5.41) is 24.2. The Bertz CT molecular complexity index is 849. The van der Waals surface area contributed by atoms with E-state index < -0.39 is 10.9 Å². The van der Waals surface area contributed by atoms with Crippen molar-refractivity contribution in [2.24, 2.45) is 5.10 Å². The average Bonchev–Trinajstić information content (AvgIpc) is 2.66. The maximum Gasteiger partial charge on any atom is 0.335 e. The molecule has 0 aliphatic rings. The van der Waals surface area contributed by atoms with E-state index in [1.807, 2.05) is 6.92 Å². The number of benzene rings is 2. The van der Waals surface area contributed by atoms with Crippen LogP contribution in [0.1, 0.15) is 29.3 Å². The molecule has 0 atom stereocenters. The summed E-state index contributed by atoms with van der Waals surface area (Å²) in [6.07, 6.45) is 2.07. The highest BCUT2D eigenvalue weighted by molar-refractivity contribution is 5.88.